The molecule has 1 fully saturated rings. The lowest BCUT2D eigenvalue weighted by Gasteiger charge is -2.35. The van der Waals surface area contributed by atoms with Crippen LogP contribution in [-0.4, -0.2) is 37.7 Å². The van der Waals surface area contributed by atoms with Crippen LogP contribution in [0, 0.1) is 11.8 Å². The molecular weight excluding hydrogens is 384 g/mol. The Kier molecular flexibility index (Phi) is 5.38. The van der Waals surface area contributed by atoms with Crippen molar-refractivity contribution in [3.63, 3.8) is 0 Å². The van der Waals surface area contributed by atoms with E-state index in [1.54, 1.807) is 24.3 Å². The van der Waals surface area contributed by atoms with E-state index in [4.69, 9.17) is 0 Å². The average molecular weight is 413 g/mol. The molecule has 4 rings (SSSR count). The van der Waals surface area contributed by atoms with E-state index in [0.29, 0.717) is 23.8 Å². The number of hydrogen-bond donors (Lipinski definition) is 1. The number of piperidine rings is 1. The van der Waals surface area contributed by atoms with E-state index in [9.17, 15) is 13.2 Å². The number of carbonyl (C=O) groups excluding carboxylic acids is 1. The van der Waals surface area contributed by atoms with Crippen LogP contribution in [0.5, 0.6) is 0 Å². The van der Waals surface area contributed by atoms with Crippen LogP contribution in [0.3, 0.4) is 0 Å². The molecular formula is C23H28N2O3S. The number of rotatable bonds is 3. The Morgan fingerprint density at radius 3 is 2.34 bits per heavy atom. The summed E-state index contributed by atoms with van der Waals surface area (Å²) in [5.74, 6) is 0.960. The van der Waals surface area contributed by atoms with Crippen LogP contribution in [-0.2, 0) is 16.3 Å². The molecule has 154 valence electrons. The number of nitrogens with zero attached hydrogens (tertiary/aromatic N) is 1. The standard InChI is InChI=1S/C23H28N2O3S/c1-16-13-17(2)15-25(14-16)23(26)19-7-10-20(11-8-19)29(27,28)22-12-9-18-5-3-4-6-21(18)24-22/h3-8,10-11,16-17,22,24H,9,12-15H2,1-2H3. The van der Waals surface area contributed by atoms with Crippen LogP contribution in [0.4, 0.5) is 5.69 Å². The molecule has 5 nitrogen and oxygen atoms in total. The molecule has 2 aliphatic rings. The van der Waals surface area contributed by atoms with Crippen molar-refractivity contribution < 1.29 is 13.2 Å². The SMILES string of the molecule is CC1CC(C)CN(C(=O)c2ccc(S(=O)(=O)C3CCc4ccccc4N3)cc2)C1. The molecule has 2 heterocycles. The first-order chi connectivity index (χ1) is 13.8. The number of anilines is 1. The molecule has 1 amide bonds. The summed E-state index contributed by atoms with van der Waals surface area (Å²) >= 11 is 0. The van der Waals surface area contributed by atoms with Gasteiger partial charge in [0.05, 0.1) is 4.90 Å². The summed E-state index contributed by atoms with van der Waals surface area (Å²) < 4.78 is 26.2. The molecule has 1 saturated heterocycles. The molecule has 0 bridgehead atoms. The van der Waals surface area contributed by atoms with Gasteiger partial charge in [-0.3, -0.25) is 4.79 Å². The minimum atomic E-state index is -3.53. The second-order valence-corrected chi connectivity index (χ2v) is 10.7. The van der Waals surface area contributed by atoms with Gasteiger partial charge in [-0.25, -0.2) is 8.42 Å². The van der Waals surface area contributed by atoms with E-state index in [2.05, 4.69) is 19.2 Å². The Bertz CT molecular complexity index is 991. The normalized spacial score (nSPS) is 24.5. The fourth-order valence-corrected chi connectivity index (χ4v) is 6.16. The van der Waals surface area contributed by atoms with E-state index in [1.807, 2.05) is 29.2 Å². The van der Waals surface area contributed by atoms with Crippen LogP contribution in [0.25, 0.3) is 0 Å². The maximum absolute atomic E-state index is 13.1. The van der Waals surface area contributed by atoms with Gasteiger partial charge in [-0.2, -0.15) is 0 Å². The third-order valence-electron chi connectivity index (χ3n) is 5.97. The Morgan fingerprint density at radius 1 is 1.00 bits per heavy atom. The largest absolute Gasteiger partial charge is 0.369 e. The Balaban J connectivity index is 1.51. The zero-order chi connectivity index (χ0) is 20.6. The fourth-order valence-electron chi connectivity index (χ4n) is 4.61. The van der Waals surface area contributed by atoms with E-state index in [-0.39, 0.29) is 10.8 Å². The van der Waals surface area contributed by atoms with Gasteiger partial charge in [0.15, 0.2) is 9.84 Å². The predicted molar refractivity (Wildman–Crippen MR) is 115 cm³/mol. The van der Waals surface area contributed by atoms with Gasteiger partial charge in [-0.05, 0) is 67.0 Å². The predicted octanol–water partition coefficient (Wildman–Crippen LogP) is 3.96. The number of benzene rings is 2. The number of aryl methyl sites for hydroxylation is 1. The Hall–Kier alpha value is -2.34. The topological polar surface area (TPSA) is 66.5 Å². The van der Waals surface area contributed by atoms with Gasteiger partial charge in [0, 0.05) is 24.3 Å². The lowest BCUT2D eigenvalue weighted by molar-refractivity contribution is 0.0623. The summed E-state index contributed by atoms with van der Waals surface area (Å²) in [6.45, 7) is 5.85. The first-order valence-corrected chi connectivity index (χ1v) is 11.9. The number of sulfone groups is 1. The summed E-state index contributed by atoms with van der Waals surface area (Å²) in [5, 5.41) is 2.52. The van der Waals surface area contributed by atoms with E-state index in [0.717, 1.165) is 37.2 Å². The molecule has 2 aromatic carbocycles. The first kappa shape index (κ1) is 20.0. The molecule has 2 aromatic rings. The smallest absolute Gasteiger partial charge is 0.253 e. The minimum Gasteiger partial charge on any atom is -0.369 e. The molecule has 0 aliphatic carbocycles. The summed E-state index contributed by atoms with van der Waals surface area (Å²) in [6.07, 6.45) is 2.40. The average Bonchev–Trinajstić information content (AvgIpc) is 2.72. The monoisotopic (exact) mass is 412 g/mol. The molecule has 0 radical (unpaired) electrons. The van der Waals surface area contributed by atoms with E-state index >= 15 is 0 Å². The van der Waals surface area contributed by atoms with Crippen LogP contribution < -0.4 is 5.32 Å². The zero-order valence-corrected chi connectivity index (χ0v) is 17.8. The maximum Gasteiger partial charge on any atom is 0.253 e. The van der Waals surface area contributed by atoms with Crippen LogP contribution in [0.15, 0.2) is 53.4 Å². The first-order valence-electron chi connectivity index (χ1n) is 10.3. The Morgan fingerprint density at radius 2 is 1.66 bits per heavy atom. The fraction of sp³-hybridized carbons (Fsp3) is 0.435. The highest BCUT2D eigenvalue weighted by molar-refractivity contribution is 7.92. The van der Waals surface area contributed by atoms with Gasteiger partial charge in [-0.1, -0.05) is 32.0 Å². The van der Waals surface area contributed by atoms with Crippen molar-refractivity contribution in [3.05, 3.63) is 59.7 Å². The highest BCUT2D eigenvalue weighted by atomic mass is 32.2. The number of fused-ring (bicyclic) bond motifs is 1. The number of amides is 1. The number of likely N-dealkylation sites (tertiary alicyclic amines) is 1. The van der Waals surface area contributed by atoms with Crippen molar-refractivity contribution >= 4 is 21.4 Å². The number of para-hydroxylation sites is 1. The molecule has 3 atom stereocenters. The third-order valence-corrected chi connectivity index (χ3v) is 8.00. The number of hydrogen-bond acceptors (Lipinski definition) is 4. The van der Waals surface area contributed by atoms with Gasteiger partial charge in [0.1, 0.15) is 5.37 Å². The van der Waals surface area contributed by atoms with Crippen LogP contribution in [0.1, 0.15) is 42.6 Å². The lowest BCUT2D eigenvalue weighted by atomic mass is 9.91. The van der Waals surface area contributed by atoms with Crippen molar-refractivity contribution in [3.8, 4) is 0 Å². The molecule has 2 aliphatic heterocycles. The van der Waals surface area contributed by atoms with Gasteiger partial charge in [0.25, 0.3) is 5.91 Å². The van der Waals surface area contributed by atoms with Gasteiger partial charge in [-0.15, -0.1) is 0 Å². The second-order valence-electron chi connectivity index (χ2n) is 8.55. The van der Waals surface area contributed by atoms with Gasteiger partial charge < -0.3 is 10.2 Å². The number of nitrogens with one attached hydrogen (secondary N) is 1. The molecule has 6 heteroatoms. The zero-order valence-electron chi connectivity index (χ0n) is 17.0. The molecule has 0 spiro atoms. The van der Waals surface area contributed by atoms with Crippen molar-refractivity contribution in [2.75, 3.05) is 18.4 Å². The van der Waals surface area contributed by atoms with Gasteiger partial charge >= 0.3 is 0 Å². The summed E-state index contributed by atoms with van der Waals surface area (Å²) in [7, 11) is -3.53. The quantitative estimate of drug-likeness (QED) is 0.829. The molecule has 3 unspecified atom stereocenters. The molecule has 0 aromatic heterocycles. The Labute approximate surface area is 173 Å². The third kappa shape index (κ3) is 4.04. The lowest BCUT2D eigenvalue weighted by Crippen LogP contribution is -2.42. The molecule has 0 saturated carbocycles. The number of carbonyl (C=O) groups is 1. The van der Waals surface area contributed by atoms with E-state index < -0.39 is 15.2 Å². The maximum atomic E-state index is 13.1. The van der Waals surface area contributed by atoms with Gasteiger partial charge in [0.2, 0.25) is 0 Å². The highest BCUT2D eigenvalue weighted by Crippen LogP contribution is 2.30. The molecule has 29 heavy (non-hydrogen) atoms. The van der Waals surface area contributed by atoms with E-state index in [1.165, 1.54) is 0 Å². The van der Waals surface area contributed by atoms with Crippen LogP contribution >= 0.6 is 0 Å². The van der Waals surface area contributed by atoms with Crippen molar-refractivity contribution in [1.29, 1.82) is 0 Å². The summed E-state index contributed by atoms with van der Waals surface area (Å²) in [6, 6.07) is 14.3. The van der Waals surface area contributed by atoms with Crippen LogP contribution in [0.2, 0.25) is 0 Å². The second kappa shape index (κ2) is 7.82. The summed E-state index contributed by atoms with van der Waals surface area (Å²) in [5.41, 5.74) is 2.57. The van der Waals surface area contributed by atoms with Crippen molar-refractivity contribution in [1.82, 2.24) is 4.90 Å². The summed E-state index contributed by atoms with van der Waals surface area (Å²) in [4.78, 5) is 15.0. The van der Waals surface area contributed by atoms with Crippen molar-refractivity contribution in [2.24, 2.45) is 11.8 Å². The highest BCUT2D eigenvalue weighted by Gasteiger charge is 2.31. The molecule has 1 N–H and O–H groups in total. The minimum absolute atomic E-state index is 0.0166. The van der Waals surface area contributed by atoms with Crippen molar-refractivity contribution in [2.45, 2.75) is 43.4 Å².